The van der Waals surface area contributed by atoms with Crippen LogP contribution < -0.4 is 4.90 Å². The first kappa shape index (κ1) is 21.0. The quantitative estimate of drug-likeness (QED) is 0.490. The third-order valence-electron chi connectivity index (χ3n) is 7.45. The van der Waals surface area contributed by atoms with E-state index in [0.717, 1.165) is 42.2 Å². The van der Waals surface area contributed by atoms with E-state index < -0.39 is 0 Å². The van der Waals surface area contributed by atoms with Crippen LogP contribution in [0.3, 0.4) is 0 Å². The van der Waals surface area contributed by atoms with Crippen molar-refractivity contribution in [3.05, 3.63) is 59.4 Å². The molecule has 168 valence electrons. The van der Waals surface area contributed by atoms with Crippen molar-refractivity contribution in [3.63, 3.8) is 0 Å². The average Bonchev–Trinajstić information content (AvgIpc) is 3.17. The van der Waals surface area contributed by atoms with Crippen LogP contribution in [0.2, 0.25) is 0 Å². The molecule has 5 nitrogen and oxygen atoms in total. The van der Waals surface area contributed by atoms with Gasteiger partial charge in [0.1, 0.15) is 5.82 Å². The van der Waals surface area contributed by atoms with Crippen LogP contribution in [0.25, 0.3) is 11.0 Å². The van der Waals surface area contributed by atoms with E-state index in [4.69, 9.17) is 9.72 Å². The highest BCUT2D eigenvalue weighted by atomic mass is 16.5. The van der Waals surface area contributed by atoms with Crippen LogP contribution in [-0.2, 0) is 17.6 Å². The Bertz CT molecular complexity index is 1110. The van der Waals surface area contributed by atoms with Crippen molar-refractivity contribution in [1.29, 1.82) is 0 Å². The molecular weight excluding hydrogens is 398 g/mol. The summed E-state index contributed by atoms with van der Waals surface area (Å²) >= 11 is 0. The number of rotatable bonds is 3. The zero-order chi connectivity index (χ0) is 22.2. The molecule has 0 N–H and O–H groups in total. The molecule has 1 aliphatic carbocycles. The van der Waals surface area contributed by atoms with Crippen LogP contribution in [0.1, 0.15) is 68.9 Å². The number of carbonyl (C=O) groups is 1. The summed E-state index contributed by atoms with van der Waals surface area (Å²) in [5.41, 5.74) is 5.70. The van der Waals surface area contributed by atoms with Gasteiger partial charge in [-0.05, 0) is 69.1 Å². The highest BCUT2D eigenvalue weighted by Crippen LogP contribution is 2.40. The summed E-state index contributed by atoms with van der Waals surface area (Å²) in [5.74, 6) is 1.95. The first-order chi connectivity index (χ1) is 15.6. The monoisotopic (exact) mass is 431 g/mol. The van der Waals surface area contributed by atoms with Gasteiger partial charge in [-0.3, -0.25) is 4.90 Å². The van der Waals surface area contributed by atoms with Crippen LogP contribution in [0.4, 0.5) is 10.5 Å². The Morgan fingerprint density at radius 3 is 2.50 bits per heavy atom. The third-order valence-corrected chi connectivity index (χ3v) is 7.45. The normalized spacial score (nSPS) is 23.2. The standard InChI is InChI=1S/C27H33N3O2/c1-18-9-12-21(13-10-18)30-24-16-15-23-22(14-11-19(2)29(23)27(31)32-3)26(24)28-25(30)17-20-7-5-4-6-8-20/h4-8,15-16,18-19,21H,9-14,17H2,1-3H3/t18-,19-,21-/m0/s1. The molecule has 1 atom stereocenters. The Morgan fingerprint density at radius 2 is 1.78 bits per heavy atom. The van der Waals surface area contributed by atoms with E-state index in [1.807, 2.05) is 0 Å². The molecule has 0 saturated heterocycles. The molecule has 0 spiro atoms. The fourth-order valence-electron chi connectivity index (χ4n) is 5.63. The smallest absolute Gasteiger partial charge is 0.414 e. The summed E-state index contributed by atoms with van der Waals surface area (Å²) in [6.45, 7) is 4.46. The second kappa shape index (κ2) is 8.61. The summed E-state index contributed by atoms with van der Waals surface area (Å²) in [7, 11) is 1.46. The van der Waals surface area contributed by atoms with Crippen molar-refractivity contribution in [2.24, 2.45) is 5.92 Å². The number of benzene rings is 2. The Labute approximate surface area is 190 Å². The van der Waals surface area contributed by atoms with Gasteiger partial charge in [0.2, 0.25) is 0 Å². The number of hydrogen-bond acceptors (Lipinski definition) is 3. The topological polar surface area (TPSA) is 47.4 Å². The van der Waals surface area contributed by atoms with Crippen molar-refractivity contribution in [3.8, 4) is 0 Å². The van der Waals surface area contributed by atoms with Crippen LogP contribution in [-0.4, -0.2) is 28.8 Å². The number of amides is 1. The lowest BCUT2D eigenvalue weighted by Crippen LogP contribution is -2.42. The number of carbonyl (C=O) groups excluding carboxylic acids is 1. The lowest BCUT2D eigenvalue weighted by Gasteiger charge is -2.34. The first-order valence-corrected chi connectivity index (χ1v) is 12.0. The molecule has 0 radical (unpaired) electrons. The molecule has 2 heterocycles. The van der Waals surface area contributed by atoms with Crippen LogP contribution >= 0.6 is 0 Å². The number of imidazole rings is 1. The number of anilines is 1. The van der Waals surface area contributed by atoms with Gasteiger partial charge in [0.05, 0.1) is 23.8 Å². The number of aryl methyl sites for hydroxylation is 1. The van der Waals surface area contributed by atoms with E-state index in [9.17, 15) is 4.79 Å². The van der Waals surface area contributed by atoms with Gasteiger partial charge in [0.15, 0.2) is 0 Å². The largest absolute Gasteiger partial charge is 0.452 e. The van der Waals surface area contributed by atoms with Gasteiger partial charge in [0.25, 0.3) is 0 Å². The van der Waals surface area contributed by atoms with E-state index in [1.54, 1.807) is 4.90 Å². The summed E-state index contributed by atoms with van der Waals surface area (Å²) < 4.78 is 7.63. The van der Waals surface area contributed by atoms with E-state index >= 15 is 0 Å². The fraction of sp³-hybridized carbons (Fsp3) is 0.481. The highest BCUT2D eigenvalue weighted by molar-refractivity contribution is 5.95. The summed E-state index contributed by atoms with van der Waals surface area (Å²) in [6, 6.07) is 15.5. The van der Waals surface area contributed by atoms with E-state index in [2.05, 4.69) is 60.9 Å². The molecule has 0 bridgehead atoms. The van der Waals surface area contributed by atoms with Crippen LogP contribution in [0.15, 0.2) is 42.5 Å². The number of aromatic nitrogens is 2. The number of fused-ring (bicyclic) bond motifs is 3. The predicted molar refractivity (Wildman–Crippen MR) is 128 cm³/mol. The fourth-order valence-corrected chi connectivity index (χ4v) is 5.63. The number of nitrogens with zero attached hydrogens (tertiary/aromatic N) is 3. The van der Waals surface area contributed by atoms with Crippen LogP contribution in [0, 0.1) is 5.92 Å². The number of methoxy groups -OCH3 is 1. The maximum atomic E-state index is 12.5. The third kappa shape index (κ3) is 3.68. The molecule has 0 unspecified atom stereocenters. The molecule has 2 aliphatic rings. The minimum absolute atomic E-state index is 0.123. The summed E-state index contributed by atoms with van der Waals surface area (Å²) in [5, 5.41) is 0. The molecule has 1 amide bonds. The molecule has 1 fully saturated rings. The Hall–Kier alpha value is -2.82. The first-order valence-electron chi connectivity index (χ1n) is 12.0. The van der Waals surface area contributed by atoms with Gasteiger partial charge in [-0.25, -0.2) is 9.78 Å². The Kier molecular flexibility index (Phi) is 5.66. The molecule has 1 aliphatic heterocycles. The number of ether oxygens (including phenoxy) is 1. The molecule has 2 aromatic carbocycles. The van der Waals surface area contributed by atoms with E-state index in [1.165, 1.54) is 49.4 Å². The van der Waals surface area contributed by atoms with Gasteiger partial charge >= 0.3 is 6.09 Å². The van der Waals surface area contributed by atoms with Gasteiger partial charge in [-0.15, -0.1) is 0 Å². The van der Waals surface area contributed by atoms with Crippen molar-refractivity contribution in [1.82, 2.24) is 9.55 Å². The van der Waals surface area contributed by atoms with Gasteiger partial charge in [-0.1, -0.05) is 37.3 Å². The molecule has 3 aromatic rings. The molecule has 5 heteroatoms. The SMILES string of the molecule is COC(=O)N1c2ccc3c(nc(Cc4ccccc4)n3[C@H]3CC[C@H](C)CC3)c2CC[C@@H]1C. The zero-order valence-corrected chi connectivity index (χ0v) is 19.4. The second-order valence-electron chi connectivity index (χ2n) is 9.63. The average molecular weight is 432 g/mol. The van der Waals surface area contributed by atoms with E-state index in [-0.39, 0.29) is 12.1 Å². The maximum absolute atomic E-state index is 12.5. The van der Waals surface area contributed by atoms with Crippen molar-refractivity contribution < 1.29 is 9.53 Å². The zero-order valence-electron chi connectivity index (χ0n) is 19.4. The Morgan fingerprint density at radius 1 is 1.03 bits per heavy atom. The van der Waals surface area contributed by atoms with Crippen LogP contribution in [0.5, 0.6) is 0 Å². The van der Waals surface area contributed by atoms with Crippen molar-refractivity contribution in [2.75, 3.05) is 12.0 Å². The second-order valence-corrected chi connectivity index (χ2v) is 9.63. The minimum Gasteiger partial charge on any atom is -0.452 e. The number of hydrogen-bond donors (Lipinski definition) is 0. The molecule has 5 rings (SSSR count). The predicted octanol–water partition coefficient (Wildman–Crippen LogP) is 6.29. The van der Waals surface area contributed by atoms with E-state index in [0.29, 0.717) is 6.04 Å². The summed E-state index contributed by atoms with van der Waals surface area (Å²) in [6.07, 6.45) is 7.35. The lowest BCUT2D eigenvalue weighted by molar-refractivity contribution is 0.175. The molecule has 1 aromatic heterocycles. The molecule has 32 heavy (non-hydrogen) atoms. The molecular formula is C27H33N3O2. The van der Waals surface area contributed by atoms with Crippen molar-refractivity contribution in [2.45, 2.75) is 70.9 Å². The lowest BCUT2D eigenvalue weighted by atomic mass is 9.87. The highest BCUT2D eigenvalue weighted by Gasteiger charge is 2.32. The van der Waals surface area contributed by atoms with Gasteiger partial charge in [0, 0.05) is 24.1 Å². The van der Waals surface area contributed by atoms with Gasteiger partial charge in [-0.2, -0.15) is 0 Å². The van der Waals surface area contributed by atoms with Gasteiger partial charge < -0.3 is 9.30 Å². The molecule has 1 saturated carbocycles. The Balaban J connectivity index is 1.64. The van der Waals surface area contributed by atoms with Crippen molar-refractivity contribution >= 4 is 22.8 Å². The minimum atomic E-state index is -0.289. The maximum Gasteiger partial charge on any atom is 0.414 e. The summed E-state index contributed by atoms with van der Waals surface area (Å²) in [4.78, 5) is 19.6.